The van der Waals surface area contributed by atoms with Crippen LogP contribution in [0.3, 0.4) is 0 Å². The van der Waals surface area contributed by atoms with Crippen molar-refractivity contribution in [1.82, 2.24) is 4.72 Å². The minimum atomic E-state index is -3.55. The average Bonchev–Trinajstić information content (AvgIpc) is 2.30. The van der Waals surface area contributed by atoms with Gasteiger partial charge in [0.25, 0.3) is 0 Å². The SMILES string of the molecule is CCNS(=O)(=O)c1ccc(N)c(NC(C)CC(N)=O)c1. The monoisotopic (exact) mass is 300 g/mol. The first-order valence-electron chi connectivity index (χ1n) is 6.20. The molecule has 1 rings (SSSR count). The van der Waals surface area contributed by atoms with Crippen molar-refractivity contribution in [2.24, 2.45) is 5.73 Å². The van der Waals surface area contributed by atoms with Crippen LogP contribution < -0.4 is 21.5 Å². The number of nitrogens with one attached hydrogen (secondary N) is 2. The highest BCUT2D eigenvalue weighted by molar-refractivity contribution is 7.89. The standard InChI is InChI=1S/C12H20N4O3S/c1-3-15-20(18,19)9-4-5-10(13)11(7-9)16-8(2)6-12(14)17/h4-5,7-8,15-16H,3,6,13H2,1-2H3,(H2,14,17). The van der Waals surface area contributed by atoms with Crippen LogP contribution in [-0.4, -0.2) is 26.9 Å². The van der Waals surface area contributed by atoms with E-state index in [1.807, 2.05) is 0 Å². The number of nitrogen functional groups attached to an aromatic ring is 1. The van der Waals surface area contributed by atoms with E-state index in [4.69, 9.17) is 11.5 Å². The van der Waals surface area contributed by atoms with Crippen LogP contribution in [0.15, 0.2) is 23.1 Å². The van der Waals surface area contributed by atoms with Gasteiger partial charge in [-0.15, -0.1) is 0 Å². The maximum Gasteiger partial charge on any atom is 0.240 e. The molecule has 1 amide bonds. The molecule has 0 aromatic heterocycles. The molecule has 0 heterocycles. The number of amides is 1. The van der Waals surface area contributed by atoms with E-state index < -0.39 is 15.9 Å². The van der Waals surface area contributed by atoms with Crippen LogP contribution in [0.1, 0.15) is 20.3 Å². The number of sulfonamides is 1. The van der Waals surface area contributed by atoms with E-state index in [-0.39, 0.29) is 17.4 Å². The molecule has 7 nitrogen and oxygen atoms in total. The second-order valence-corrected chi connectivity index (χ2v) is 6.23. The molecule has 0 saturated carbocycles. The highest BCUT2D eigenvalue weighted by Crippen LogP contribution is 2.23. The fraction of sp³-hybridized carbons (Fsp3) is 0.417. The molecule has 112 valence electrons. The van der Waals surface area contributed by atoms with Gasteiger partial charge in [-0.3, -0.25) is 4.79 Å². The summed E-state index contributed by atoms with van der Waals surface area (Å²) in [6, 6.07) is 4.12. The van der Waals surface area contributed by atoms with Crippen LogP contribution in [0, 0.1) is 0 Å². The maximum absolute atomic E-state index is 11.9. The Morgan fingerprint density at radius 1 is 1.40 bits per heavy atom. The molecule has 1 atom stereocenters. The maximum atomic E-state index is 11.9. The molecule has 0 aliphatic heterocycles. The highest BCUT2D eigenvalue weighted by Gasteiger charge is 2.15. The first-order chi connectivity index (χ1) is 9.26. The van der Waals surface area contributed by atoms with Gasteiger partial charge in [-0.2, -0.15) is 0 Å². The van der Waals surface area contributed by atoms with Crippen molar-refractivity contribution in [2.45, 2.75) is 31.2 Å². The summed E-state index contributed by atoms with van der Waals surface area (Å²) in [5.74, 6) is -0.444. The molecule has 0 saturated heterocycles. The Kier molecular flexibility index (Phi) is 5.34. The van der Waals surface area contributed by atoms with Gasteiger partial charge in [-0.05, 0) is 25.1 Å². The summed E-state index contributed by atoms with van der Waals surface area (Å²) in [7, 11) is -3.55. The van der Waals surface area contributed by atoms with Gasteiger partial charge >= 0.3 is 0 Å². The third-order valence-corrected chi connectivity index (χ3v) is 4.12. The summed E-state index contributed by atoms with van der Waals surface area (Å²) in [5, 5.41) is 2.98. The Labute approximate surface area is 118 Å². The lowest BCUT2D eigenvalue weighted by molar-refractivity contribution is -0.118. The molecule has 1 aromatic carbocycles. The largest absolute Gasteiger partial charge is 0.397 e. The van der Waals surface area contributed by atoms with Crippen LogP contribution in [-0.2, 0) is 14.8 Å². The van der Waals surface area contributed by atoms with Gasteiger partial charge in [0.05, 0.1) is 16.3 Å². The normalized spacial score (nSPS) is 12.9. The van der Waals surface area contributed by atoms with Gasteiger partial charge < -0.3 is 16.8 Å². The molecule has 0 spiro atoms. The quantitative estimate of drug-likeness (QED) is 0.536. The smallest absolute Gasteiger partial charge is 0.240 e. The van der Waals surface area contributed by atoms with Crippen molar-refractivity contribution < 1.29 is 13.2 Å². The summed E-state index contributed by atoms with van der Waals surface area (Å²) < 4.78 is 26.2. The number of anilines is 2. The fourth-order valence-corrected chi connectivity index (χ4v) is 2.79. The van der Waals surface area contributed by atoms with E-state index in [9.17, 15) is 13.2 Å². The van der Waals surface area contributed by atoms with Gasteiger partial charge in [0, 0.05) is 19.0 Å². The van der Waals surface area contributed by atoms with Crippen LogP contribution in [0.4, 0.5) is 11.4 Å². The predicted molar refractivity (Wildman–Crippen MR) is 78.6 cm³/mol. The van der Waals surface area contributed by atoms with E-state index >= 15 is 0 Å². The fourth-order valence-electron chi connectivity index (χ4n) is 1.72. The molecule has 0 bridgehead atoms. The Morgan fingerprint density at radius 2 is 2.05 bits per heavy atom. The van der Waals surface area contributed by atoms with Crippen LogP contribution >= 0.6 is 0 Å². The molecular weight excluding hydrogens is 280 g/mol. The summed E-state index contributed by atoms with van der Waals surface area (Å²) in [6.07, 6.45) is 0.129. The first-order valence-corrected chi connectivity index (χ1v) is 7.68. The first kappa shape index (κ1) is 16.3. The van der Waals surface area contributed by atoms with E-state index in [0.29, 0.717) is 17.9 Å². The minimum absolute atomic E-state index is 0.113. The zero-order valence-electron chi connectivity index (χ0n) is 11.5. The van der Waals surface area contributed by atoms with E-state index in [2.05, 4.69) is 10.0 Å². The zero-order valence-corrected chi connectivity index (χ0v) is 12.3. The molecule has 0 fully saturated rings. The second kappa shape index (κ2) is 6.58. The number of hydrogen-bond acceptors (Lipinski definition) is 5. The topological polar surface area (TPSA) is 127 Å². The summed E-state index contributed by atoms with van der Waals surface area (Å²) in [4.78, 5) is 11.0. The molecule has 6 N–H and O–H groups in total. The molecule has 8 heteroatoms. The number of benzene rings is 1. The van der Waals surface area contributed by atoms with Crippen LogP contribution in [0.25, 0.3) is 0 Å². The Bertz CT molecular complexity index is 586. The number of hydrogen-bond donors (Lipinski definition) is 4. The Balaban J connectivity index is 3.01. The molecule has 1 aromatic rings. The number of primary amides is 1. The molecule has 0 aliphatic rings. The number of nitrogens with two attached hydrogens (primary N) is 2. The lowest BCUT2D eigenvalue weighted by Crippen LogP contribution is -2.25. The number of rotatable bonds is 7. The molecule has 0 aliphatic carbocycles. The lowest BCUT2D eigenvalue weighted by atomic mass is 10.2. The summed E-state index contributed by atoms with van der Waals surface area (Å²) in [5.41, 5.74) is 11.8. The number of carbonyl (C=O) groups is 1. The highest BCUT2D eigenvalue weighted by atomic mass is 32.2. The van der Waals surface area contributed by atoms with Crippen molar-refractivity contribution in [3.63, 3.8) is 0 Å². The van der Waals surface area contributed by atoms with Gasteiger partial charge in [0.2, 0.25) is 15.9 Å². The minimum Gasteiger partial charge on any atom is -0.397 e. The zero-order chi connectivity index (χ0) is 15.3. The third-order valence-electron chi connectivity index (χ3n) is 2.58. The summed E-state index contributed by atoms with van der Waals surface area (Å²) in [6.45, 7) is 3.76. The van der Waals surface area contributed by atoms with Crippen molar-refractivity contribution in [3.8, 4) is 0 Å². The lowest BCUT2D eigenvalue weighted by Gasteiger charge is -2.16. The molecular formula is C12H20N4O3S. The van der Waals surface area contributed by atoms with E-state index in [1.165, 1.54) is 18.2 Å². The van der Waals surface area contributed by atoms with E-state index in [0.717, 1.165) is 0 Å². The van der Waals surface area contributed by atoms with Crippen molar-refractivity contribution in [2.75, 3.05) is 17.6 Å². The average molecular weight is 300 g/mol. The number of carbonyl (C=O) groups excluding carboxylic acids is 1. The van der Waals surface area contributed by atoms with Crippen molar-refractivity contribution >= 4 is 27.3 Å². The molecule has 1 unspecified atom stereocenters. The van der Waals surface area contributed by atoms with Gasteiger partial charge in [-0.25, -0.2) is 13.1 Å². The summed E-state index contributed by atoms with van der Waals surface area (Å²) >= 11 is 0. The van der Waals surface area contributed by atoms with Gasteiger partial charge in [0.15, 0.2) is 0 Å². The molecule has 20 heavy (non-hydrogen) atoms. The predicted octanol–water partition coefficient (Wildman–Crippen LogP) is 0.243. The van der Waals surface area contributed by atoms with Crippen molar-refractivity contribution in [3.05, 3.63) is 18.2 Å². The van der Waals surface area contributed by atoms with Crippen LogP contribution in [0.5, 0.6) is 0 Å². The Hall–Kier alpha value is -1.80. The van der Waals surface area contributed by atoms with Gasteiger partial charge in [0.1, 0.15) is 0 Å². The van der Waals surface area contributed by atoms with Crippen molar-refractivity contribution in [1.29, 1.82) is 0 Å². The third kappa shape index (κ3) is 4.39. The second-order valence-electron chi connectivity index (χ2n) is 4.47. The van der Waals surface area contributed by atoms with Gasteiger partial charge in [-0.1, -0.05) is 6.92 Å². The van der Waals surface area contributed by atoms with E-state index in [1.54, 1.807) is 13.8 Å². The molecule has 0 radical (unpaired) electrons. The Morgan fingerprint density at radius 3 is 2.60 bits per heavy atom. The van der Waals surface area contributed by atoms with Crippen LogP contribution in [0.2, 0.25) is 0 Å².